The van der Waals surface area contributed by atoms with E-state index in [1.807, 2.05) is 37.2 Å². The van der Waals surface area contributed by atoms with Crippen LogP contribution in [0.5, 0.6) is 0 Å². The Morgan fingerprint density at radius 2 is 2.16 bits per heavy atom. The van der Waals surface area contributed by atoms with Crippen molar-refractivity contribution in [2.45, 2.75) is 13.5 Å². The Morgan fingerprint density at radius 3 is 2.74 bits per heavy atom. The molecule has 2 N–H and O–H groups in total. The third-order valence-corrected chi connectivity index (χ3v) is 3.65. The topological polar surface area (TPSA) is 61.3 Å². The smallest absolute Gasteiger partial charge is 0.126 e. The number of rotatable bonds is 6. The fourth-order valence-corrected chi connectivity index (χ4v) is 2.39. The lowest BCUT2D eigenvalue weighted by molar-refractivity contribution is 0.304. The highest BCUT2D eigenvalue weighted by molar-refractivity contribution is 7.11. The van der Waals surface area contributed by atoms with Crippen LogP contribution in [0.2, 0.25) is 0 Å². The Hall–Kier alpha value is -1.66. The normalized spacial score (nSPS) is 10.5. The van der Waals surface area contributed by atoms with Gasteiger partial charge in [0.15, 0.2) is 0 Å². The molecular weight excluding hydrogens is 260 g/mol. The Kier molecular flexibility index (Phi) is 4.70. The highest BCUT2D eigenvalue weighted by Gasteiger charge is 2.02. The largest absolute Gasteiger partial charge is 0.395 e. The molecule has 0 spiro atoms. The molecule has 0 aliphatic rings. The second-order valence-electron chi connectivity index (χ2n) is 4.25. The number of nitrogens with zero attached hydrogens (tertiary/aromatic N) is 3. The second kappa shape index (κ2) is 6.49. The summed E-state index contributed by atoms with van der Waals surface area (Å²) in [4.78, 5) is 11.7. The molecule has 0 bridgehead atoms. The van der Waals surface area contributed by atoms with Crippen molar-refractivity contribution in [3.8, 4) is 0 Å². The Labute approximate surface area is 116 Å². The molecule has 0 saturated heterocycles. The number of aliphatic hydroxyl groups excluding tert-OH is 1. The number of hydrogen-bond acceptors (Lipinski definition) is 6. The molecule has 6 heteroatoms. The Morgan fingerprint density at radius 1 is 1.32 bits per heavy atom. The number of aromatic nitrogens is 2. The molecule has 2 aromatic rings. The standard InChI is InChI=1S/C13H18N4OS/c1-10-14-8-12(19-10)9-16-13-4-3-11(7-15-13)17(2)5-6-18/h3-4,7-8,18H,5-6,9H2,1-2H3,(H,15,16). The van der Waals surface area contributed by atoms with Gasteiger partial charge < -0.3 is 15.3 Å². The number of aryl methyl sites for hydroxylation is 1. The number of hydrogen-bond donors (Lipinski definition) is 2. The summed E-state index contributed by atoms with van der Waals surface area (Å²) in [5, 5.41) is 13.2. The van der Waals surface area contributed by atoms with E-state index in [1.165, 1.54) is 4.88 Å². The molecule has 2 aromatic heterocycles. The lowest BCUT2D eigenvalue weighted by Crippen LogP contribution is -2.21. The van der Waals surface area contributed by atoms with Gasteiger partial charge in [-0.05, 0) is 19.1 Å². The van der Waals surface area contributed by atoms with Crippen LogP contribution in [-0.2, 0) is 6.54 Å². The van der Waals surface area contributed by atoms with Crippen LogP contribution in [0.3, 0.4) is 0 Å². The average Bonchev–Trinajstić information content (AvgIpc) is 2.83. The summed E-state index contributed by atoms with van der Waals surface area (Å²) in [6.07, 6.45) is 3.69. The van der Waals surface area contributed by atoms with Crippen molar-refractivity contribution in [3.63, 3.8) is 0 Å². The van der Waals surface area contributed by atoms with Gasteiger partial charge in [0, 0.05) is 24.7 Å². The van der Waals surface area contributed by atoms with Gasteiger partial charge in [-0.1, -0.05) is 0 Å². The molecule has 0 aliphatic carbocycles. The molecule has 19 heavy (non-hydrogen) atoms. The van der Waals surface area contributed by atoms with Crippen molar-refractivity contribution in [2.75, 3.05) is 30.4 Å². The van der Waals surface area contributed by atoms with Gasteiger partial charge in [-0.15, -0.1) is 11.3 Å². The van der Waals surface area contributed by atoms with E-state index in [0.717, 1.165) is 23.1 Å². The van der Waals surface area contributed by atoms with Gasteiger partial charge in [-0.25, -0.2) is 9.97 Å². The van der Waals surface area contributed by atoms with Crippen LogP contribution >= 0.6 is 11.3 Å². The van der Waals surface area contributed by atoms with E-state index in [-0.39, 0.29) is 6.61 Å². The zero-order valence-electron chi connectivity index (χ0n) is 11.1. The number of aliphatic hydroxyl groups is 1. The van der Waals surface area contributed by atoms with E-state index >= 15 is 0 Å². The molecule has 2 heterocycles. The molecular formula is C13H18N4OS. The molecule has 0 amide bonds. The van der Waals surface area contributed by atoms with E-state index in [1.54, 1.807) is 17.5 Å². The first-order chi connectivity index (χ1) is 9.19. The van der Waals surface area contributed by atoms with Crippen molar-refractivity contribution < 1.29 is 5.11 Å². The van der Waals surface area contributed by atoms with Crippen LogP contribution in [0.15, 0.2) is 24.5 Å². The molecule has 0 radical (unpaired) electrons. The second-order valence-corrected chi connectivity index (χ2v) is 5.57. The quantitative estimate of drug-likeness (QED) is 0.845. The summed E-state index contributed by atoms with van der Waals surface area (Å²) < 4.78 is 0. The molecule has 0 aliphatic heterocycles. The maximum absolute atomic E-state index is 8.89. The summed E-state index contributed by atoms with van der Waals surface area (Å²) in [6.45, 7) is 3.48. The maximum Gasteiger partial charge on any atom is 0.126 e. The van der Waals surface area contributed by atoms with Crippen LogP contribution in [0.1, 0.15) is 9.88 Å². The van der Waals surface area contributed by atoms with E-state index in [9.17, 15) is 0 Å². The monoisotopic (exact) mass is 278 g/mol. The first-order valence-corrected chi connectivity index (χ1v) is 6.94. The van der Waals surface area contributed by atoms with Crippen molar-refractivity contribution in [1.29, 1.82) is 0 Å². The minimum atomic E-state index is 0.140. The highest BCUT2D eigenvalue weighted by Crippen LogP contribution is 2.16. The summed E-state index contributed by atoms with van der Waals surface area (Å²) in [5.74, 6) is 0.840. The summed E-state index contributed by atoms with van der Waals surface area (Å²) >= 11 is 1.68. The molecule has 2 rings (SSSR count). The van der Waals surface area contributed by atoms with E-state index < -0.39 is 0 Å². The molecule has 0 fully saturated rings. The Balaban J connectivity index is 1.91. The van der Waals surface area contributed by atoms with Gasteiger partial charge in [0.05, 0.1) is 30.0 Å². The van der Waals surface area contributed by atoms with Gasteiger partial charge in [0.2, 0.25) is 0 Å². The van der Waals surface area contributed by atoms with Gasteiger partial charge in [-0.2, -0.15) is 0 Å². The highest BCUT2D eigenvalue weighted by atomic mass is 32.1. The van der Waals surface area contributed by atoms with Crippen LogP contribution in [0.4, 0.5) is 11.5 Å². The molecule has 0 aromatic carbocycles. The lowest BCUT2D eigenvalue weighted by atomic mass is 10.3. The zero-order valence-corrected chi connectivity index (χ0v) is 11.9. The first kappa shape index (κ1) is 13.8. The summed E-state index contributed by atoms with van der Waals surface area (Å²) in [5.41, 5.74) is 0.994. The third-order valence-electron chi connectivity index (χ3n) is 2.74. The summed E-state index contributed by atoms with van der Waals surface area (Å²) in [7, 11) is 1.93. The predicted octanol–water partition coefficient (Wildman–Crippen LogP) is 1.89. The van der Waals surface area contributed by atoms with Crippen LogP contribution < -0.4 is 10.2 Å². The number of anilines is 2. The van der Waals surface area contributed by atoms with Crippen molar-refractivity contribution in [1.82, 2.24) is 9.97 Å². The average molecular weight is 278 g/mol. The van der Waals surface area contributed by atoms with Crippen LogP contribution in [0.25, 0.3) is 0 Å². The van der Waals surface area contributed by atoms with Gasteiger partial charge in [0.1, 0.15) is 5.82 Å². The van der Waals surface area contributed by atoms with Crippen LogP contribution in [0, 0.1) is 6.92 Å². The minimum absolute atomic E-state index is 0.140. The molecule has 0 atom stereocenters. The van der Waals surface area contributed by atoms with Crippen molar-refractivity contribution in [3.05, 3.63) is 34.4 Å². The number of pyridine rings is 1. The van der Waals surface area contributed by atoms with Crippen molar-refractivity contribution in [2.24, 2.45) is 0 Å². The predicted molar refractivity (Wildman–Crippen MR) is 78.8 cm³/mol. The Bertz CT molecular complexity index is 512. The van der Waals surface area contributed by atoms with E-state index in [2.05, 4.69) is 15.3 Å². The first-order valence-electron chi connectivity index (χ1n) is 6.12. The van der Waals surface area contributed by atoms with E-state index in [4.69, 9.17) is 5.11 Å². The molecule has 5 nitrogen and oxygen atoms in total. The zero-order chi connectivity index (χ0) is 13.7. The maximum atomic E-state index is 8.89. The number of thiazole rings is 1. The van der Waals surface area contributed by atoms with Gasteiger partial charge in [0.25, 0.3) is 0 Å². The summed E-state index contributed by atoms with van der Waals surface area (Å²) in [6, 6.07) is 3.93. The van der Waals surface area contributed by atoms with Crippen molar-refractivity contribution >= 4 is 22.8 Å². The van der Waals surface area contributed by atoms with Crippen LogP contribution in [-0.4, -0.2) is 35.3 Å². The molecule has 0 unspecified atom stereocenters. The van der Waals surface area contributed by atoms with E-state index in [0.29, 0.717) is 6.54 Å². The molecule has 102 valence electrons. The number of likely N-dealkylation sites (N-methyl/N-ethyl adjacent to an activating group) is 1. The fourth-order valence-electron chi connectivity index (χ4n) is 1.66. The fraction of sp³-hybridized carbons (Fsp3) is 0.385. The SMILES string of the molecule is Cc1ncc(CNc2ccc(N(C)CCO)cn2)s1. The van der Waals surface area contributed by atoms with Gasteiger partial charge >= 0.3 is 0 Å². The number of nitrogens with one attached hydrogen (secondary N) is 1. The van der Waals surface area contributed by atoms with Gasteiger partial charge in [-0.3, -0.25) is 0 Å². The third kappa shape index (κ3) is 3.90. The molecule has 0 saturated carbocycles. The minimum Gasteiger partial charge on any atom is -0.395 e. The lowest BCUT2D eigenvalue weighted by Gasteiger charge is -2.17.